The minimum atomic E-state index is -0.827. The average Bonchev–Trinajstić information content (AvgIpc) is 2.59. The van der Waals surface area contributed by atoms with Gasteiger partial charge in [-0.2, -0.15) is 0 Å². The molecule has 0 heterocycles. The van der Waals surface area contributed by atoms with Crippen LogP contribution in [0.5, 0.6) is 5.75 Å². The van der Waals surface area contributed by atoms with E-state index >= 15 is 0 Å². The van der Waals surface area contributed by atoms with Crippen molar-refractivity contribution in [2.75, 3.05) is 6.61 Å². The summed E-state index contributed by atoms with van der Waals surface area (Å²) in [5, 5.41) is 12.2. The van der Waals surface area contributed by atoms with Crippen molar-refractivity contribution < 1.29 is 19.4 Å². The number of amides is 1. The largest absolute Gasteiger partial charge is 0.484 e. The van der Waals surface area contributed by atoms with Crippen LogP contribution in [0.15, 0.2) is 48.5 Å². The van der Waals surface area contributed by atoms with Gasteiger partial charge in [-0.05, 0) is 48.7 Å². The van der Waals surface area contributed by atoms with Crippen molar-refractivity contribution in [3.05, 3.63) is 64.7 Å². The number of ether oxygens (including phenoxy) is 1. The van der Waals surface area contributed by atoms with Gasteiger partial charge in [0.25, 0.3) is 5.91 Å². The Hall–Kier alpha value is -2.53. The average molecular weight is 362 g/mol. The molecular weight excluding hydrogens is 342 g/mol. The predicted molar refractivity (Wildman–Crippen MR) is 95.9 cm³/mol. The van der Waals surface area contributed by atoms with Crippen LogP contribution in [0.2, 0.25) is 5.02 Å². The summed E-state index contributed by atoms with van der Waals surface area (Å²) < 4.78 is 5.45. The van der Waals surface area contributed by atoms with Crippen LogP contribution >= 0.6 is 11.6 Å². The molecule has 132 valence electrons. The summed E-state index contributed by atoms with van der Waals surface area (Å²) in [5.74, 6) is -0.488. The molecule has 0 aromatic heterocycles. The maximum absolute atomic E-state index is 12.0. The summed E-state index contributed by atoms with van der Waals surface area (Å²) in [6.07, 6.45) is 0.555. The van der Waals surface area contributed by atoms with Crippen LogP contribution in [0.4, 0.5) is 0 Å². The Balaban J connectivity index is 1.79. The summed E-state index contributed by atoms with van der Waals surface area (Å²) in [6.45, 7) is 1.80. The van der Waals surface area contributed by atoms with E-state index in [1.807, 2.05) is 19.1 Å². The van der Waals surface area contributed by atoms with Gasteiger partial charge >= 0.3 is 5.97 Å². The van der Waals surface area contributed by atoms with Gasteiger partial charge in [0.1, 0.15) is 5.75 Å². The Morgan fingerprint density at radius 2 is 1.76 bits per heavy atom. The van der Waals surface area contributed by atoms with Crippen LogP contribution in [-0.2, 0) is 16.0 Å². The van der Waals surface area contributed by atoms with Gasteiger partial charge in [-0.3, -0.25) is 9.59 Å². The lowest BCUT2D eigenvalue weighted by atomic mass is 10.1. The standard InChI is InChI=1S/C19H20ClNO4/c1-13(15-5-7-16(20)8-6-15)21-18(22)12-25-17-9-2-14(3-10-17)4-11-19(23)24/h2-3,5-10,13H,4,11-12H2,1H3,(H,21,22)(H,23,24). The van der Waals surface area contributed by atoms with E-state index in [4.69, 9.17) is 21.4 Å². The second-order valence-corrected chi connectivity index (χ2v) is 6.10. The summed E-state index contributed by atoms with van der Waals surface area (Å²) in [5.41, 5.74) is 1.87. The Morgan fingerprint density at radius 1 is 1.12 bits per heavy atom. The first kappa shape index (κ1) is 18.8. The van der Waals surface area contributed by atoms with Crippen molar-refractivity contribution >= 4 is 23.5 Å². The van der Waals surface area contributed by atoms with Crippen molar-refractivity contribution in [2.24, 2.45) is 0 Å². The SMILES string of the molecule is CC(NC(=O)COc1ccc(CCC(=O)O)cc1)c1ccc(Cl)cc1. The first-order valence-electron chi connectivity index (χ1n) is 7.92. The van der Waals surface area contributed by atoms with Gasteiger partial charge in [0.05, 0.1) is 6.04 Å². The molecule has 0 aliphatic carbocycles. The summed E-state index contributed by atoms with van der Waals surface area (Å²) in [4.78, 5) is 22.5. The van der Waals surface area contributed by atoms with E-state index in [2.05, 4.69) is 5.32 Å². The summed E-state index contributed by atoms with van der Waals surface area (Å²) >= 11 is 5.85. The number of benzene rings is 2. The van der Waals surface area contributed by atoms with Crippen molar-refractivity contribution in [1.29, 1.82) is 0 Å². The molecule has 2 rings (SSSR count). The first-order valence-corrected chi connectivity index (χ1v) is 8.30. The zero-order chi connectivity index (χ0) is 18.2. The van der Waals surface area contributed by atoms with Crippen molar-refractivity contribution in [1.82, 2.24) is 5.32 Å². The fourth-order valence-electron chi connectivity index (χ4n) is 2.27. The van der Waals surface area contributed by atoms with Crippen LogP contribution in [-0.4, -0.2) is 23.6 Å². The zero-order valence-corrected chi connectivity index (χ0v) is 14.6. The van der Waals surface area contributed by atoms with E-state index in [1.54, 1.807) is 36.4 Å². The normalized spacial score (nSPS) is 11.6. The molecule has 5 nitrogen and oxygen atoms in total. The highest BCUT2D eigenvalue weighted by atomic mass is 35.5. The van der Waals surface area contributed by atoms with Crippen LogP contribution in [0, 0.1) is 0 Å². The number of aliphatic carboxylic acids is 1. The molecule has 0 radical (unpaired) electrons. The molecule has 2 aromatic rings. The number of carbonyl (C=O) groups excluding carboxylic acids is 1. The topological polar surface area (TPSA) is 75.6 Å². The molecule has 1 atom stereocenters. The number of hydrogen-bond donors (Lipinski definition) is 2. The van der Waals surface area contributed by atoms with Gasteiger partial charge in [-0.25, -0.2) is 0 Å². The smallest absolute Gasteiger partial charge is 0.303 e. The van der Waals surface area contributed by atoms with Gasteiger partial charge in [0.2, 0.25) is 0 Å². The van der Waals surface area contributed by atoms with Gasteiger partial charge < -0.3 is 15.2 Å². The molecule has 2 aromatic carbocycles. The third-order valence-corrected chi connectivity index (χ3v) is 3.92. The van der Waals surface area contributed by atoms with Crippen molar-refractivity contribution in [3.8, 4) is 5.75 Å². The Bertz CT molecular complexity index is 713. The minimum absolute atomic E-state index is 0.0885. The molecule has 0 spiro atoms. The Morgan fingerprint density at radius 3 is 2.36 bits per heavy atom. The van der Waals surface area contributed by atoms with Crippen molar-refractivity contribution in [2.45, 2.75) is 25.8 Å². The van der Waals surface area contributed by atoms with Gasteiger partial charge in [0, 0.05) is 11.4 Å². The first-order chi connectivity index (χ1) is 11.9. The highest BCUT2D eigenvalue weighted by Crippen LogP contribution is 2.16. The number of halogens is 1. The molecule has 0 saturated heterocycles. The molecule has 0 saturated carbocycles. The second kappa shape index (κ2) is 9.08. The van der Waals surface area contributed by atoms with Crippen molar-refractivity contribution in [3.63, 3.8) is 0 Å². The maximum atomic E-state index is 12.0. The van der Waals surface area contributed by atoms with E-state index in [0.29, 0.717) is 17.2 Å². The second-order valence-electron chi connectivity index (χ2n) is 5.67. The van der Waals surface area contributed by atoms with Gasteiger partial charge in [0.15, 0.2) is 6.61 Å². The number of rotatable bonds is 8. The fourth-order valence-corrected chi connectivity index (χ4v) is 2.40. The number of nitrogens with one attached hydrogen (secondary N) is 1. The lowest BCUT2D eigenvalue weighted by molar-refractivity contribution is -0.137. The number of carbonyl (C=O) groups is 2. The lowest BCUT2D eigenvalue weighted by Gasteiger charge is -2.15. The molecule has 0 aliphatic rings. The number of hydrogen-bond acceptors (Lipinski definition) is 3. The third kappa shape index (κ3) is 6.47. The zero-order valence-electron chi connectivity index (χ0n) is 13.9. The van der Waals surface area contributed by atoms with Crippen LogP contribution in [0.1, 0.15) is 30.5 Å². The molecule has 0 aliphatic heterocycles. The molecule has 25 heavy (non-hydrogen) atoms. The predicted octanol–water partition coefficient (Wildman–Crippen LogP) is 3.61. The summed E-state index contributed by atoms with van der Waals surface area (Å²) in [6, 6.07) is 14.2. The molecule has 2 N–H and O–H groups in total. The highest BCUT2D eigenvalue weighted by Gasteiger charge is 2.10. The Kier molecular flexibility index (Phi) is 6.83. The van der Waals surface area contributed by atoms with Crippen LogP contribution in [0.25, 0.3) is 0 Å². The maximum Gasteiger partial charge on any atom is 0.303 e. The number of aryl methyl sites for hydroxylation is 1. The van der Waals surface area contributed by atoms with Gasteiger partial charge in [-0.1, -0.05) is 35.9 Å². The number of carboxylic acids is 1. The summed E-state index contributed by atoms with van der Waals surface area (Å²) in [7, 11) is 0. The Labute approximate surface area is 151 Å². The van der Waals surface area contributed by atoms with Gasteiger partial charge in [-0.15, -0.1) is 0 Å². The van der Waals surface area contributed by atoms with E-state index in [1.165, 1.54) is 0 Å². The third-order valence-electron chi connectivity index (χ3n) is 3.67. The number of carboxylic acid groups (broad SMARTS) is 1. The van der Waals surface area contributed by atoms with E-state index in [9.17, 15) is 9.59 Å². The fraction of sp³-hybridized carbons (Fsp3) is 0.263. The molecule has 0 bridgehead atoms. The monoisotopic (exact) mass is 361 g/mol. The van der Waals surface area contributed by atoms with Crippen LogP contribution in [0.3, 0.4) is 0 Å². The van der Waals surface area contributed by atoms with E-state index in [-0.39, 0.29) is 25.0 Å². The molecule has 6 heteroatoms. The molecular formula is C19H20ClNO4. The van der Waals surface area contributed by atoms with E-state index < -0.39 is 5.97 Å². The quantitative estimate of drug-likeness (QED) is 0.753. The van der Waals surface area contributed by atoms with E-state index in [0.717, 1.165) is 11.1 Å². The highest BCUT2D eigenvalue weighted by molar-refractivity contribution is 6.30. The lowest BCUT2D eigenvalue weighted by Crippen LogP contribution is -2.31. The van der Waals surface area contributed by atoms with Crippen LogP contribution < -0.4 is 10.1 Å². The molecule has 1 amide bonds. The minimum Gasteiger partial charge on any atom is -0.484 e. The molecule has 1 unspecified atom stereocenters. The molecule has 0 fully saturated rings.